The molecule has 0 bridgehead atoms. The molecule has 10 nitrogen and oxygen atoms in total. The molecule has 12 heteroatoms. The number of aliphatic hydroxyl groups excluding tert-OH is 1. The zero-order valence-corrected chi connectivity index (χ0v) is 16.9. The minimum atomic E-state index is -0.777. The Morgan fingerprint density at radius 1 is 1.15 bits per heavy atom. The van der Waals surface area contributed by atoms with Crippen LogP contribution in [0.5, 0.6) is 0 Å². The predicted molar refractivity (Wildman–Crippen MR) is 104 cm³/mol. The van der Waals surface area contributed by atoms with Crippen LogP contribution >= 0.6 is 31.9 Å². The Bertz CT molecular complexity index is 667. The molecule has 0 unspecified atom stereocenters. The Hall–Kier alpha value is -1.79. The summed E-state index contributed by atoms with van der Waals surface area (Å²) in [6, 6.07) is 1.89. The third-order valence-corrected chi connectivity index (χ3v) is 4.08. The van der Waals surface area contributed by atoms with Crippen LogP contribution in [0.25, 0.3) is 0 Å². The van der Waals surface area contributed by atoms with Gasteiger partial charge in [0.05, 0.1) is 21.5 Å². The van der Waals surface area contributed by atoms with Crippen LogP contribution in [0.1, 0.15) is 16.8 Å². The van der Waals surface area contributed by atoms with Crippen LogP contribution in [0.2, 0.25) is 0 Å². The highest BCUT2D eigenvalue weighted by atomic mass is 79.9. The fourth-order valence-corrected chi connectivity index (χ4v) is 3.13. The first-order chi connectivity index (χ1) is 12.4. The first-order valence-electron chi connectivity index (χ1n) is 7.60. The molecule has 0 aromatic heterocycles. The van der Waals surface area contributed by atoms with E-state index < -0.39 is 27.1 Å². The standard InChI is InChI=1S/C14H18Br2N4O6/c15-2-5-18(6-3-16)13-11(14(22)17-4-1-7-21)8-10(19(23)24)9-12(13)20(25)26/h8-9,21H,1-7H2,(H,17,22). The van der Waals surface area contributed by atoms with Gasteiger partial charge >= 0.3 is 0 Å². The number of nitrogens with zero attached hydrogens (tertiary/aromatic N) is 3. The van der Waals surface area contributed by atoms with Crippen LogP contribution in [0.15, 0.2) is 12.1 Å². The summed E-state index contributed by atoms with van der Waals surface area (Å²) in [6.45, 7) is 0.728. The molecule has 0 aliphatic rings. The number of nitrogens with one attached hydrogen (secondary N) is 1. The number of carbonyl (C=O) groups excluding carboxylic acids is 1. The normalized spacial score (nSPS) is 10.4. The van der Waals surface area contributed by atoms with E-state index in [9.17, 15) is 25.0 Å². The number of hydrogen-bond acceptors (Lipinski definition) is 7. The molecule has 0 heterocycles. The van der Waals surface area contributed by atoms with E-state index in [1.54, 1.807) is 4.90 Å². The van der Waals surface area contributed by atoms with Crippen molar-refractivity contribution in [1.29, 1.82) is 0 Å². The van der Waals surface area contributed by atoms with Crippen LogP contribution in [-0.2, 0) is 0 Å². The van der Waals surface area contributed by atoms with Crippen LogP contribution in [0, 0.1) is 20.2 Å². The molecule has 0 saturated carbocycles. The second-order valence-corrected chi connectivity index (χ2v) is 6.66. The average Bonchev–Trinajstić information content (AvgIpc) is 2.60. The summed E-state index contributed by atoms with van der Waals surface area (Å²) >= 11 is 6.53. The summed E-state index contributed by atoms with van der Waals surface area (Å²) in [5, 5.41) is 35.0. The fourth-order valence-electron chi connectivity index (χ4n) is 2.27. The monoisotopic (exact) mass is 496 g/mol. The topological polar surface area (TPSA) is 139 Å². The molecule has 0 spiro atoms. The molecule has 0 radical (unpaired) electrons. The van der Waals surface area contributed by atoms with Gasteiger partial charge in [0, 0.05) is 43.0 Å². The molecule has 1 amide bonds. The van der Waals surface area contributed by atoms with Crippen molar-refractivity contribution in [1.82, 2.24) is 5.32 Å². The number of benzene rings is 1. The molecule has 26 heavy (non-hydrogen) atoms. The Labute approximate surface area is 166 Å². The van der Waals surface area contributed by atoms with E-state index in [4.69, 9.17) is 5.11 Å². The summed E-state index contributed by atoms with van der Waals surface area (Å²) in [5.74, 6) is -0.672. The van der Waals surface area contributed by atoms with Gasteiger partial charge in [-0.2, -0.15) is 0 Å². The summed E-state index contributed by atoms with van der Waals surface area (Å²) < 4.78 is 0. The molecule has 0 aliphatic carbocycles. The highest BCUT2D eigenvalue weighted by Gasteiger charge is 2.30. The minimum Gasteiger partial charge on any atom is -0.396 e. The lowest BCUT2D eigenvalue weighted by atomic mass is 10.1. The Morgan fingerprint density at radius 2 is 1.77 bits per heavy atom. The van der Waals surface area contributed by atoms with Gasteiger partial charge in [-0.1, -0.05) is 31.9 Å². The zero-order valence-electron chi connectivity index (χ0n) is 13.7. The van der Waals surface area contributed by atoms with Crippen LogP contribution in [-0.4, -0.2) is 57.8 Å². The molecule has 0 saturated heterocycles. The van der Waals surface area contributed by atoms with Crippen LogP contribution in [0.4, 0.5) is 17.1 Å². The van der Waals surface area contributed by atoms with Gasteiger partial charge in [0.2, 0.25) is 0 Å². The first-order valence-corrected chi connectivity index (χ1v) is 9.84. The van der Waals surface area contributed by atoms with E-state index in [1.807, 2.05) is 0 Å². The van der Waals surface area contributed by atoms with Crippen molar-refractivity contribution >= 4 is 54.8 Å². The second kappa shape index (κ2) is 11.0. The molecule has 0 fully saturated rings. The van der Waals surface area contributed by atoms with Crippen LogP contribution < -0.4 is 10.2 Å². The number of carbonyl (C=O) groups is 1. The molecule has 0 atom stereocenters. The van der Waals surface area contributed by atoms with E-state index >= 15 is 0 Å². The number of hydrogen-bond donors (Lipinski definition) is 2. The zero-order chi connectivity index (χ0) is 19.7. The second-order valence-electron chi connectivity index (χ2n) is 5.07. The van der Waals surface area contributed by atoms with Gasteiger partial charge in [0.15, 0.2) is 0 Å². The van der Waals surface area contributed by atoms with Crippen molar-refractivity contribution in [2.75, 3.05) is 41.8 Å². The lowest BCUT2D eigenvalue weighted by molar-refractivity contribution is -0.393. The number of rotatable bonds is 11. The van der Waals surface area contributed by atoms with Crippen molar-refractivity contribution in [2.24, 2.45) is 0 Å². The van der Waals surface area contributed by atoms with E-state index in [-0.39, 0.29) is 24.4 Å². The van der Waals surface area contributed by atoms with E-state index in [2.05, 4.69) is 37.2 Å². The largest absolute Gasteiger partial charge is 0.396 e. The molecular formula is C14H18Br2N4O6. The number of aliphatic hydroxyl groups is 1. The van der Waals surface area contributed by atoms with Crippen molar-refractivity contribution in [2.45, 2.75) is 6.42 Å². The molecule has 144 valence electrons. The van der Waals surface area contributed by atoms with Crippen molar-refractivity contribution in [3.8, 4) is 0 Å². The Kier molecular flexibility index (Phi) is 9.44. The number of nitro benzene ring substituents is 2. The van der Waals surface area contributed by atoms with Gasteiger partial charge in [-0.15, -0.1) is 0 Å². The first kappa shape index (κ1) is 22.3. The highest BCUT2D eigenvalue weighted by Crippen LogP contribution is 2.36. The van der Waals surface area contributed by atoms with Gasteiger partial charge in [-0.25, -0.2) is 0 Å². The van der Waals surface area contributed by atoms with Gasteiger partial charge in [-0.3, -0.25) is 25.0 Å². The minimum absolute atomic E-state index is 0.0287. The van der Waals surface area contributed by atoms with Crippen molar-refractivity contribution < 1.29 is 19.7 Å². The van der Waals surface area contributed by atoms with Crippen molar-refractivity contribution in [3.05, 3.63) is 37.9 Å². The van der Waals surface area contributed by atoms with Gasteiger partial charge in [-0.05, 0) is 6.42 Å². The van der Waals surface area contributed by atoms with Crippen LogP contribution in [0.3, 0.4) is 0 Å². The summed E-state index contributed by atoms with van der Waals surface area (Å²) in [4.78, 5) is 35.3. The summed E-state index contributed by atoms with van der Waals surface area (Å²) in [5.41, 5.74) is -1.16. The average molecular weight is 498 g/mol. The maximum atomic E-state index is 12.5. The van der Waals surface area contributed by atoms with E-state index in [0.29, 0.717) is 30.2 Å². The van der Waals surface area contributed by atoms with Gasteiger partial charge in [0.1, 0.15) is 5.69 Å². The Balaban J connectivity index is 3.55. The number of nitro groups is 2. The summed E-state index contributed by atoms with van der Waals surface area (Å²) in [6.07, 6.45) is 0.296. The smallest absolute Gasteiger partial charge is 0.300 e. The fraction of sp³-hybridized carbons (Fsp3) is 0.500. The maximum Gasteiger partial charge on any atom is 0.300 e. The quantitative estimate of drug-likeness (QED) is 0.207. The molecule has 0 aliphatic heterocycles. The predicted octanol–water partition coefficient (Wildman–Crippen LogP) is 2.21. The molecule has 1 aromatic rings. The molecule has 2 N–H and O–H groups in total. The van der Waals surface area contributed by atoms with E-state index in [0.717, 1.165) is 12.1 Å². The lowest BCUT2D eigenvalue weighted by Crippen LogP contribution is -2.32. The number of alkyl halides is 2. The molecule has 1 aromatic carbocycles. The molecule has 1 rings (SSSR count). The SMILES string of the molecule is O=C(NCCCO)c1cc([N+](=O)[O-])cc([N+](=O)[O-])c1N(CCBr)CCBr. The number of halogens is 2. The maximum absolute atomic E-state index is 12.5. The number of amides is 1. The highest BCUT2D eigenvalue weighted by molar-refractivity contribution is 9.09. The third-order valence-electron chi connectivity index (χ3n) is 3.37. The Morgan fingerprint density at radius 3 is 2.23 bits per heavy atom. The van der Waals surface area contributed by atoms with Gasteiger partial charge < -0.3 is 15.3 Å². The number of non-ortho nitro benzene ring substituents is 1. The number of anilines is 1. The molecular weight excluding hydrogens is 480 g/mol. The van der Waals surface area contributed by atoms with E-state index in [1.165, 1.54) is 0 Å². The van der Waals surface area contributed by atoms with Crippen molar-refractivity contribution in [3.63, 3.8) is 0 Å². The summed E-state index contributed by atoms with van der Waals surface area (Å²) in [7, 11) is 0. The van der Waals surface area contributed by atoms with Gasteiger partial charge in [0.25, 0.3) is 17.3 Å². The third kappa shape index (κ3) is 5.88. The lowest BCUT2D eigenvalue weighted by Gasteiger charge is -2.25.